The van der Waals surface area contributed by atoms with Gasteiger partial charge < -0.3 is 9.47 Å². The van der Waals surface area contributed by atoms with Gasteiger partial charge >= 0.3 is 11.9 Å². The van der Waals surface area contributed by atoms with E-state index in [-0.39, 0.29) is 12.2 Å². The molecule has 1 aromatic rings. The molecule has 0 aromatic heterocycles. The molecule has 2 aliphatic carbocycles. The summed E-state index contributed by atoms with van der Waals surface area (Å²) in [6.45, 7) is 8.38. The number of benzene rings is 1. The normalized spacial score (nSPS) is 27.9. The molecule has 154 valence electrons. The van der Waals surface area contributed by atoms with E-state index in [2.05, 4.69) is 13.8 Å². The van der Waals surface area contributed by atoms with Crippen LogP contribution in [0.1, 0.15) is 97.1 Å². The van der Waals surface area contributed by atoms with Crippen LogP contribution in [0.25, 0.3) is 0 Å². The molecule has 0 aliphatic heterocycles. The highest BCUT2D eigenvalue weighted by Crippen LogP contribution is 2.29. The smallest absolute Gasteiger partial charge is 0.339 e. The van der Waals surface area contributed by atoms with Gasteiger partial charge in [-0.1, -0.05) is 13.8 Å². The molecular formula is C24H34O4. The molecule has 2 fully saturated rings. The summed E-state index contributed by atoms with van der Waals surface area (Å²) in [5.74, 6) is 0.597. The molecule has 3 rings (SSSR count). The van der Waals surface area contributed by atoms with Crippen LogP contribution >= 0.6 is 0 Å². The molecule has 28 heavy (non-hydrogen) atoms. The molecular weight excluding hydrogens is 352 g/mol. The Kier molecular flexibility index (Phi) is 6.79. The van der Waals surface area contributed by atoms with E-state index < -0.39 is 11.9 Å². The van der Waals surface area contributed by atoms with E-state index in [1.54, 1.807) is 12.1 Å². The van der Waals surface area contributed by atoms with Crippen molar-refractivity contribution in [3.05, 3.63) is 34.4 Å². The van der Waals surface area contributed by atoms with Crippen molar-refractivity contribution in [3.63, 3.8) is 0 Å². The van der Waals surface area contributed by atoms with Gasteiger partial charge in [0.2, 0.25) is 0 Å². The van der Waals surface area contributed by atoms with Crippen molar-refractivity contribution in [1.82, 2.24) is 0 Å². The van der Waals surface area contributed by atoms with Crippen molar-refractivity contribution >= 4 is 11.9 Å². The Morgan fingerprint density at radius 2 is 1.00 bits per heavy atom. The maximum absolute atomic E-state index is 12.9. The summed E-state index contributed by atoms with van der Waals surface area (Å²) in [7, 11) is 0. The highest BCUT2D eigenvalue weighted by molar-refractivity contribution is 6.03. The van der Waals surface area contributed by atoms with E-state index in [0.717, 1.165) is 62.5 Å². The van der Waals surface area contributed by atoms with Crippen LogP contribution in [0, 0.1) is 25.7 Å². The number of rotatable bonds is 4. The Hall–Kier alpha value is -1.84. The molecule has 1 aromatic carbocycles. The van der Waals surface area contributed by atoms with Gasteiger partial charge in [-0.2, -0.15) is 0 Å². The molecule has 0 heterocycles. The maximum Gasteiger partial charge on any atom is 0.339 e. The average Bonchev–Trinajstić information content (AvgIpc) is 2.67. The summed E-state index contributed by atoms with van der Waals surface area (Å²) in [5, 5.41) is 0. The molecule has 0 saturated heterocycles. The van der Waals surface area contributed by atoms with E-state index in [0.29, 0.717) is 23.0 Å². The minimum absolute atomic E-state index is 0.0472. The number of hydrogen-bond acceptors (Lipinski definition) is 4. The molecule has 0 unspecified atom stereocenters. The molecule has 0 atom stereocenters. The first-order valence-corrected chi connectivity index (χ1v) is 10.9. The van der Waals surface area contributed by atoms with Crippen LogP contribution in [0.3, 0.4) is 0 Å². The Balaban J connectivity index is 1.74. The van der Waals surface area contributed by atoms with Crippen molar-refractivity contribution < 1.29 is 19.1 Å². The van der Waals surface area contributed by atoms with Crippen molar-refractivity contribution in [1.29, 1.82) is 0 Å². The van der Waals surface area contributed by atoms with Crippen LogP contribution in [0.15, 0.2) is 12.1 Å². The lowest BCUT2D eigenvalue weighted by molar-refractivity contribution is 0.0128. The Morgan fingerprint density at radius 3 is 1.32 bits per heavy atom. The summed E-state index contributed by atoms with van der Waals surface area (Å²) in [6, 6.07) is 3.56. The molecule has 2 saturated carbocycles. The largest absolute Gasteiger partial charge is 0.459 e. The molecule has 4 heteroatoms. The minimum Gasteiger partial charge on any atom is -0.459 e. The van der Waals surface area contributed by atoms with Crippen LogP contribution in [0.4, 0.5) is 0 Å². The summed E-state index contributed by atoms with van der Waals surface area (Å²) >= 11 is 0. The number of hydrogen-bond donors (Lipinski definition) is 0. The Labute approximate surface area is 169 Å². The van der Waals surface area contributed by atoms with Gasteiger partial charge in [-0.05, 0) is 100 Å². The second-order valence-corrected chi connectivity index (χ2v) is 9.06. The first kappa shape index (κ1) is 20.9. The average molecular weight is 387 g/mol. The number of esters is 2. The van der Waals surface area contributed by atoms with Gasteiger partial charge in [0.15, 0.2) is 0 Å². The van der Waals surface area contributed by atoms with Crippen LogP contribution in [-0.4, -0.2) is 24.1 Å². The third kappa shape index (κ3) is 5.15. The van der Waals surface area contributed by atoms with Crippen LogP contribution in [0.2, 0.25) is 0 Å². The quantitative estimate of drug-likeness (QED) is 0.616. The Morgan fingerprint density at radius 1 is 0.679 bits per heavy atom. The second-order valence-electron chi connectivity index (χ2n) is 9.06. The first-order chi connectivity index (χ1) is 13.3. The van der Waals surface area contributed by atoms with Gasteiger partial charge in [-0.3, -0.25) is 0 Å². The predicted octanol–water partition coefficient (Wildman–Crippen LogP) is 5.77. The van der Waals surface area contributed by atoms with Crippen molar-refractivity contribution in [2.24, 2.45) is 11.8 Å². The first-order valence-electron chi connectivity index (χ1n) is 10.9. The molecule has 0 bridgehead atoms. The lowest BCUT2D eigenvalue weighted by Gasteiger charge is -2.27. The number of carbonyl (C=O) groups excluding carboxylic acids is 2. The third-order valence-electron chi connectivity index (χ3n) is 6.55. The lowest BCUT2D eigenvalue weighted by Crippen LogP contribution is -2.27. The fraction of sp³-hybridized carbons (Fsp3) is 0.667. The van der Waals surface area contributed by atoms with E-state index in [1.165, 1.54) is 0 Å². The van der Waals surface area contributed by atoms with Crippen molar-refractivity contribution in [2.75, 3.05) is 0 Å². The molecule has 2 aliphatic rings. The van der Waals surface area contributed by atoms with Gasteiger partial charge in [0.25, 0.3) is 0 Å². The van der Waals surface area contributed by atoms with Crippen molar-refractivity contribution in [2.45, 2.75) is 91.3 Å². The number of carbonyl (C=O) groups is 2. The maximum atomic E-state index is 12.9. The zero-order valence-electron chi connectivity index (χ0n) is 17.8. The summed E-state index contributed by atoms with van der Waals surface area (Å²) < 4.78 is 11.5. The second kappa shape index (κ2) is 9.11. The van der Waals surface area contributed by atoms with Gasteiger partial charge in [-0.15, -0.1) is 0 Å². The van der Waals surface area contributed by atoms with E-state index in [1.807, 2.05) is 13.8 Å². The van der Waals surface area contributed by atoms with Gasteiger partial charge in [0, 0.05) is 0 Å². The zero-order valence-corrected chi connectivity index (χ0v) is 17.8. The SMILES string of the molecule is Cc1cc(C(=O)OC2CCC(C)CC2)c(C(=O)OC2CCC(C)CC2)cc1C. The summed E-state index contributed by atoms with van der Waals surface area (Å²) in [6.07, 6.45) is 7.84. The topological polar surface area (TPSA) is 52.6 Å². The van der Waals surface area contributed by atoms with E-state index in [4.69, 9.17) is 9.47 Å². The summed E-state index contributed by atoms with van der Waals surface area (Å²) in [5.41, 5.74) is 2.64. The van der Waals surface area contributed by atoms with Crippen LogP contribution < -0.4 is 0 Å². The lowest BCUT2D eigenvalue weighted by atomic mass is 9.89. The van der Waals surface area contributed by atoms with E-state index in [9.17, 15) is 9.59 Å². The van der Waals surface area contributed by atoms with Crippen molar-refractivity contribution in [3.8, 4) is 0 Å². The molecule has 0 amide bonds. The molecule has 0 radical (unpaired) electrons. The number of ether oxygens (including phenoxy) is 2. The molecule has 0 N–H and O–H groups in total. The fourth-order valence-electron chi connectivity index (χ4n) is 4.28. The van der Waals surface area contributed by atoms with Crippen LogP contribution in [0.5, 0.6) is 0 Å². The minimum atomic E-state index is -0.396. The Bertz CT molecular complexity index is 647. The third-order valence-corrected chi connectivity index (χ3v) is 6.55. The molecule has 4 nitrogen and oxygen atoms in total. The summed E-state index contributed by atoms with van der Waals surface area (Å²) in [4.78, 5) is 25.8. The van der Waals surface area contributed by atoms with Gasteiger partial charge in [0.05, 0.1) is 11.1 Å². The molecule has 0 spiro atoms. The predicted molar refractivity (Wildman–Crippen MR) is 110 cm³/mol. The standard InChI is InChI=1S/C24H34O4/c1-15-5-9-19(10-6-15)27-23(25)21-13-17(3)18(4)14-22(21)24(26)28-20-11-7-16(2)8-12-20/h13-16,19-20H,5-12H2,1-4H3. The van der Waals surface area contributed by atoms with Gasteiger partial charge in [-0.25, -0.2) is 9.59 Å². The van der Waals surface area contributed by atoms with Crippen LogP contribution in [-0.2, 0) is 9.47 Å². The number of aryl methyl sites for hydroxylation is 2. The van der Waals surface area contributed by atoms with Gasteiger partial charge in [0.1, 0.15) is 12.2 Å². The fourth-order valence-corrected chi connectivity index (χ4v) is 4.28. The highest BCUT2D eigenvalue weighted by atomic mass is 16.5. The monoisotopic (exact) mass is 386 g/mol. The zero-order chi connectivity index (χ0) is 20.3. The van der Waals surface area contributed by atoms with E-state index >= 15 is 0 Å². The highest BCUT2D eigenvalue weighted by Gasteiger charge is 2.28.